The number of benzene rings is 1. The minimum atomic E-state index is -1.10. The van der Waals surface area contributed by atoms with Crippen molar-refractivity contribution in [3.63, 3.8) is 0 Å². The highest BCUT2D eigenvalue weighted by atomic mass is 35.5. The van der Waals surface area contributed by atoms with Crippen LogP contribution >= 0.6 is 11.6 Å². The number of halogens is 2. The van der Waals surface area contributed by atoms with E-state index >= 15 is 0 Å². The number of alkyl halides is 1. The topological polar surface area (TPSA) is 26.0 Å². The Kier molecular flexibility index (Phi) is 2.98. The molecule has 1 aliphatic rings. The third-order valence-corrected chi connectivity index (χ3v) is 3.28. The van der Waals surface area contributed by atoms with E-state index in [-0.39, 0.29) is 6.04 Å². The van der Waals surface area contributed by atoms with Crippen LogP contribution in [0.3, 0.4) is 0 Å². The lowest BCUT2D eigenvalue weighted by molar-refractivity contribution is 0.170. The summed E-state index contributed by atoms with van der Waals surface area (Å²) >= 11 is 5.77. The SMILES string of the molecule is NC1CCC(F)(Cc2ccc(Cl)cc2)C1. The Morgan fingerprint density at radius 2 is 2.07 bits per heavy atom. The molecule has 0 aromatic heterocycles. The molecule has 1 aromatic rings. The predicted octanol–water partition coefficient (Wildman–Crippen LogP) is 3.10. The monoisotopic (exact) mass is 227 g/mol. The Hall–Kier alpha value is -0.600. The normalized spacial score (nSPS) is 30.7. The van der Waals surface area contributed by atoms with Crippen LogP contribution in [0.1, 0.15) is 24.8 Å². The highest BCUT2D eigenvalue weighted by Crippen LogP contribution is 2.35. The van der Waals surface area contributed by atoms with Gasteiger partial charge in [0.25, 0.3) is 0 Å². The van der Waals surface area contributed by atoms with Crippen LogP contribution in [0.2, 0.25) is 5.02 Å². The van der Waals surface area contributed by atoms with Crippen molar-refractivity contribution < 1.29 is 4.39 Å². The van der Waals surface area contributed by atoms with Crippen LogP contribution in [0.5, 0.6) is 0 Å². The van der Waals surface area contributed by atoms with Gasteiger partial charge < -0.3 is 5.73 Å². The van der Waals surface area contributed by atoms with E-state index < -0.39 is 5.67 Å². The fourth-order valence-corrected chi connectivity index (χ4v) is 2.37. The summed E-state index contributed by atoms with van der Waals surface area (Å²) in [6.45, 7) is 0. The van der Waals surface area contributed by atoms with Crippen LogP contribution in [0.15, 0.2) is 24.3 Å². The molecule has 2 unspecified atom stereocenters. The van der Waals surface area contributed by atoms with Crippen molar-refractivity contribution in [1.29, 1.82) is 0 Å². The van der Waals surface area contributed by atoms with Gasteiger partial charge >= 0.3 is 0 Å². The van der Waals surface area contributed by atoms with Gasteiger partial charge in [-0.15, -0.1) is 0 Å². The Morgan fingerprint density at radius 3 is 2.60 bits per heavy atom. The van der Waals surface area contributed by atoms with Gasteiger partial charge in [0.2, 0.25) is 0 Å². The molecular formula is C12H15ClFN. The summed E-state index contributed by atoms with van der Waals surface area (Å²) in [5.41, 5.74) is 5.62. The number of hydrogen-bond acceptors (Lipinski definition) is 1. The van der Waals surface area contributed by atoms with Gasteiger partial charge in [-0.1, -0.05) is 23.7 Å². The van der Waals surface area contributed by atoms with E-state index in [1.54, 1.807) is 12.1 Å². The lowest BCUT2D eigenvalue weighted by Crippen LogP contribution is -2.25. The summed E-state index contributed by atoms with van der Waals surface area (Å²) < 4.78 is 14.2. The zero-order valence-corrected chi connectivity index (χ0v) is 9.30. The number of hydrogen-bond donors (Lipinski definition) is 1. The molecule has 0 bridgehead atoms. The first-order valence-electron chi connectivity index (χ1n) is 5.26. The van der Waals surface area contributed by atoms with Crippen LogP contribution in [-0.2, 0) is 6.42 Å². The van der Waals surface area contributed by atoms with Crippen LogP contribution in [0.25, 0.3) is 0 Å². The number of nitrogens with two attached hydrogens (primary N) is 1. The molecule has 2 N–H and O–H groups in total. The molecule has 2 rings (SSSR count). The first kappa shape index (κ1) is 10.9. The molecule has 82 valence electrons. The highest BCUT2D eigenvalue weighted by Gasteiger charge is 2.37. The van der Waals surface area contributed by atoms with E-state index in [9.17, 15) is 4.39 Å². The van der Waals surface area contributed by atoms with Gasteiger partial charge in [-0.05, 0) is 37.0 Å². The molecule has 0 aliphatic heterocycles. The maximum absolute atomic E-state index is 14.2. The molecule has 1 aromatic carbocycles. The Labute approximate surface area is 94.4 Å². The molecular weight excluding hydrogens is 213 g/mol. The van der Waals surface area contributed by atoms with Crippen LogP contribution in [0.4, 0.5) is 4.39 Å². The van der Waals surface area contributed by atoms with Crippen LogP contribution < -0.4 is 5.73 Å². The summed E-state index contributed by atoms with van der Waals surface area (Å²) in [5.74, 6) is 0. The second-order valence-electron chi connectivity index (χ2n) is 4.46. The van der Waals surface area contributed by atoms with Crippen molar-refractivity contribution in [2.75, 3.05) is 0 Å². The van der Waals surface area contributed by atoms with Crippen molar-refractivity contribution in [2.45, 2.75) is 37.4 Å². The summed E-state index contributed by atoms with van der Waals surface area (Å²) in [6, 6.07) is 7.40. The molecule has 2 atom stereocenters. The molecule has 0 amide bonds. The molecule has 0 radical (unpaired) electrons. The van der Waals surface area contributed by atoms with E-state index in [1.165, 1.54) is 0 Å². The zero-order chi connectivity index (χ0) is 10.9. The van der Waals surface area contributed by atoms with Gasteiger partial charge in [0, 0.05) is 17.5 Å². The third-order valence-electron chi connectivity index (χ3n) is 3.03. The molecule has 1 aliphatic carbocycles. The fourth-order valence-electron chi connectivity index (χ4n) is 2.25. The van der Waals surface area contributed by atoms with Crippen molar-refractivity contribution in [1.82, 2.24) is 0 Å². The van der Waals surface area contributed by atoms with Crippen molar-refractivity contribution >= 4 is 11.6 Å². The molecule has 1 nitrogen and oxygen atoms in total. The van der Waals surface area contributed by atoms with E-state index in [1.807, 2.05) is 12.1 Å². The van der Waals surface area contributed by atoms with Crippen LogP contribution in [-0.4, -0.2) is 11.7 Å². The van der Waals surface area contributed by atoms with Gasteiger partial charge in [-0.25, -0.2) is 4.39 Å². The molecule has 0 spiro atoms. The highest BCUT2D eigenvalue weighted by molar-refractivity contribution is 6.30. The van der Waals surface area contributed by atoms with Gasteiger partial charge in [0.05, 0.1) is 0 Å². The van der Waals surface area contributed by atoms with Crippen molar-refractivity contribution in [3.05, 3.63) is 34.9 Å². The predicted molar refractivity (Wildman–Crippen MR) is 60.8 cm³/mol. The first-order valence-corrected chi connectivity index (χ1v) is 5.64. The lowest BCUT2D eigenvalue weighted by atomic mass is 9.94. The Morgan fingerprint density at radius 1 is 1.40 bits per heavy atom. The molecule has 0 saturated heterocycles. The standard InChI is InChI=1S/C12H15ClFN/c13-10-3-1-9(2-4-10)7-12(14)6-5-11(15)8-12/h1-4,11H,5-8,15H2. The average Bonchev–Trinajstić information content (AvgIpc) is 2.50. The molecule has 15 heavy (non-hydrogen) atoms. The second kappa shape index (κ2) is 4.11. The Balaban J connectivity index is 2.05. The van der Waals surface area contributed by atoms with Crippen molar-refractivity contribution in [2.24, 2.45) is 5.73 Å². The Bertz CT molecular complexity index is 338. The van der Waals surface area contributed by atoms with Gasteiger partial charge in [0.15, 0.2) is 0 Å². The largest absolute Gasteiger partial charge is 0.328 e. The van der Waals surface area contributed by atoms with E-state index in [4.69, 9.17) is 17.3 Å². The van der Waals surface area contributed by atoms with Crippen molar-refractivity contribution in [3.8, 4) is 0 Å². The molecule has 1 fully saturated rings. The number of rotatable bonds is 2. The first-order chi connectivity index (χ1) is 7.07. The van der Waals surface area contributed by atoms with Gasteiger partial charge in [0.1, 0.15) is 5.67 Å². The van der Waals surface area contributed by atoms with E-state index in [0.717, 1.165) is 12.0 Å². The van der Waals surface area contributed by atoms with E-state index in [0.29, 0.717) is 24.3 Å². The minimum Gasteiger partial charge on any atom is -0.328 e. The average molecular weight is 228 g/mol. The summed E-state index contributed by atoms with van der Waals surface area (Å²) in [7, 11) is 0. The van der Waals surface area contributed by atoms with Crippen LogP contribution in [0, 0.1) is 0 Å². The summed E-state index contributed by atoms with van der Waals surface area (Å²) in [4.78, 5) is 0. The maximum atomic E-state index is 14.2. The molecule has 3 heteroatoms. The summed E-state index contributed by atoms with van der Waals surface area (Å²) in [5, 5.41) is 0.690. The third kappa shape index (κ3) is 2.70. The summed E-state index contributed by atoms with van der Waals surface area (Å²) in [6.07, 6.45) is 2.31. The maximum Gasteiger partial charge on any atom is 0.116 e. The lowest BCUT2D eigenvalue weighted by Gasteiger charge is -2.19. The van der Waals surface area contributed by atoms with E-state index in [2.05, 4.69) is 0 Å². The second-order valence-corrected chi connectivity index (χ2v) is 4.89. The molecule has 1 saturated carbocycles. The quantitative estimate of drug-likeness (QED) is 0.826. The van der Waals surface area contributed by atoms with Gasteiger partial charge in [-0.2, -0.15) is 0 Å². The smallest absolute Gasteiger partial charge is 0.116 e. The zero-order valence-electron chi connectivity index (χ0n) is 8.55. The fraction of sp³-hybridized carbons (Fsp3) is 0.500. The van der Waals surface area contributed by atoms with Gasteiger partial charge in [-0.3, -0.25) is 0 Å². The minimum absolute atomic E-state index is 0.0299. The molecule has 0 heterocycles.